The van der Waals surface area contributed by atoms with E-state index in [2.05, 4.69) is 22.3 Å². The van der Waals surface area contributed by atoms with Crippen LogP contribution >= 0.6 is 0 Å². The van der Waals surface area contributed by atoms with Gasteiger partial charge in [-0.05, 0) is 80.0 Å². The fraction of sp³-hybridized carbons (Fsp3) is 0.417. The third-order valence-electron chi connectivity index (χ3n) is 6.66. The average molecular weight is 389 g/mol. The summed E-state index contributed by atoms with van der Waals surface area (Å²) in [5, 5.41) is 3.03. The summed E-state index contributed by atoms with van der Waals surface area (Å²) in [5.74, 6) is -0.0366. The van der Waals surface area contributed by atoms with E-state index >= 15 is 0 Å². The van der Waals surface area contributed by atoms with Crippen LogP contribution in [-0.2, 0) is 12.8 Å². The number of hydrogen-bond acceptors (Lipinski definition) is 3. The first kappa shape index (κ1) is 18.2. The highest BCUT2D eigenvalue weighted by Crippen LogP contribution is 2.34. The first-order chi connectivity index (χ1) is 14.1. The van der Waals surface area contributed by atoms with Crippen molar-refractivity contribution in [3.63, 3.8) is 0 Å². The van der Waals surface area contributed by atoms with Gasteiger partial charge in [0.25, 0.3) is 11.8 Å². The standard InChI is InChI=1S/C24H27N3O2/c1-26-21-15-18(23(28)25-19-11-9-16-6-5-7-17(16)14-19)10-12-20(21)24(29)27-13-4-2-3-8-22(26)27/h9-12,14-15,22H,2-8,13H2,1H3,(H,25,28). The molecule has 1 saturated heterocycles. The van der Waals surface area contributed by atoms with Crippen molar-refractivity contribution < 1.29 is 9.59 Å². The number of aryl methyl sites for hydroxylation is 2. The van der Waals surface area contributed by atoms with E-state index in [1.807, 2.05) is 30.1 Å². The number of rotatable bonds is 2. The molecule has 150 valence electrons. The second-order valence-electron chi connectivity index (χ2n) is 8.46. The van der Waals surface area contributed by atoms with E-state index in [0.29, 0.717) is 11.1 Å². The van der Waals surface area contributed by atoms with Crippen LogP contribution in [0.2, 0.25) is 0 Å². The van der Waals surface area contributed by atoms with Crippen molar-refractivity contribution in [1.29, 1.82) is 0 Å². The van der Waals surface area contributed by atoms with E-state index in [9.17, 15) is 9.59 Å². The first-order valence-corrected chi connectivity index (χ1v) is 10.7. The van der Waals surface area contributed by atoms with Crippen LogP contribution in [0.25, 0.3) is 0 Å². The Morgan fingerprint density at radius 2 is 1.86 bits per heavy atom. The summed E-state index contributed by atoms with van der Waals surface area (Å²) in [6.07, 6.45) is 7.84. The number of fused-ring (bicyclic) bond motifs is 3. The zero-order valence-electron chi connectivity index (χ0n) is 16.9. The number of anilines is 2. The Hall–Kier alpha value is -2.82. The van der Waals surface area contributed by atoms with Gasteiger partial charge in [0.05, 0.1) is 11.3 Å². The number of carbonyl (C=O) groups is 2. The number of nitrogens with zero attached hydrogens (tertiary/aromatic N) is 2. The minimum Gasteiger partial charge on any atom is -0.354 e. The molecule has 2 aromatic carbocycles. The van der Waals surface area contributed by atoms with Gasteiger partial charge in [0.2, 0.25) is 0 Å². The second kappa shape index (κ2) is 7.21. The molecule has 2 amide bonds. The maximum absolute atomic E-state index is 13.0. The number of amides is 2. The van der Waals surface area contributed by atoms with E-state index < -0.39 is 0 Å². The van der Waals surface area contributed by atoms with Gasteiger partial charge in [0.15, 0.2) is 0 Å². The van der Waals surface area contributed by atoms with Gasteiger partial charge >= 0.3 is 0 Å². The summed E-state index contributed by atoms with van der Waals surface area (Å²) in [6.45, 7) is 0.813. The van der Waals surface area contributed by atoms with Crippen molar-refractivity contribution in [2.45, 2.75) is 51.1 Å². The SMILES string of the molecule is CN1c2cc(C(=O)Nc3ccc4c(c3)CCC4)ccc2C(=O)N2CCCCCC21. The van der Waals surface area contributed by atoms with Crippen LogP contribution in [0.4, 0.5) is 11.4 Å². The molecule has 29 heavy (non-hydrogen) atoms. The second-order valence-corrected chi connectivity index (χ2v) is 8.46. The average Bonchev–Trinajstić information content (AvgIpc) is 3.05. The summed E-state index contributed by atoms with van der Waals surface area (Å²) in [5.41, 5.74) is 5.72. The molecule has 1 aliphatic carbocycles. The van der Waals surface area contributed by atoms with Crippen LogP contribution in [0, 0.1) is 0 Å². The molecule has 0 aromatic heterocycles. The lowest BCUT2D eigenvalue weighted by Crippen LogP contribution is -2.53. The summed E-state index contributed by atoms with van der Waals surface area (Å²) in [6, 6.07) is 11.7. The zero-order chi connectivity index (χ0) is 20.0. The molecule has 0 spiro atoms. The van der Waals surface area contributed by atoms with Crippen molar-refractivity contribution >= 4 is 23.2 Å². The van der Waals surface area contributed by atoms with Crippen LogP contribution < -0.4 is 10.2 Å². The van der Waals surface area contributed by atoms with Crippen LogP contribution in [0.1, 0.15) is 63.9 Å². The van der Waals surface area contributed by atoms with Gasteiger partial charge in [0.1, 0.15) is 6.17 Å². The Labute approximate surface area is 171 Å². The van der Waals surface area contributed by atoms with Crippen LogP contribution in [0.3, 0.4) is 0 Å². The molecule has 0 saturated carbocycles. The third kappa shape index (κ3) is 3.18. The maximum atomic E-state index is 13.0. The molecule has 1 atom stereocenters. The smallest absolute Gasteiger partial charge is 0.257 e. The molecule has 5 rings (SSSR count). The van der Waals surface area contributed by atoms with Gasteiger partial charge in [-0.2, -0.15) is 0 Å². The Balaban J connectivity index is 1.41. The van der Waals surface area contributed by atoms with E-state index in [1.165, 1.54) is 24.0 Å². The summed E-state index contributed by atoms with van der Waals surface area (Å²) < 4.78 is 0. The maximum Gasteiger partial charge on any atom is 0.257 e. The molecule has 0 bridgehead atoms. The molecule has 2 aliphatic heterocycles. The molecule has 5 nitrogen and oxygen atoms in total. The van der Waals surface area contributed by atoms with E-state index in [4.69, 9.17) is 0 Å². The van der Waals surface area contributed by atoms with Crippen LogP contribution in [-0.4, -0.2) is 36.5 Å². The molecule has 2 aromatic rings. The quantitative estimate of drug-likeness (QED) is 0.837. The van der Waals surface area contributed by atoms with Crippen molar-refractivity contribution in [1.82, 2.24) is 4.90 Å². The lowest BCUT2D eigenvalue weighted by atomic mass is 10.0. The molecular weight excluding hydrogens is 362 g/mol. The Kier molecular flexibility index (Phi) is 4.53. The third-order valence-corrected chi connectivity index (χ3v) is 6.66. The lowest BCUT2D eigenvalue weighted by molar-refractivity contribution is 0.0661. The largest absolute Gasteiger partial charge is 0.354 e. The van der Waals surface area contributed by atoms with Gasteiger partial charge in [-0.3, -0.25) is 9.59 Å². The zero-order valence-corrected chi connectivity index (χ0v) is 16.9. The molecule has 2 heterocycles. The van der Waals surface area contributed by atoms with E-state index in [-0.39, 0.29) is 18.0 Å². The number of nitrogens with one attached hydrogen (secondary N) is 1. The molecule has 1 fully saturated rings. The van der Waals surface area contributed by atoms with Crippen LogP contribution in [0.15, 0.2) is 36.4 Å². The van der Waals surface area contributed by atoms with Crippen molar-refractivity contribution in [2.24, 2.45) is 0 Å². The van der Waals surface area contributed by atoms with Crippen molar-refractivity contribution in [3.05, 3.63) is 58.7 Å². The highest BCUT2D eigenvalue weighted by molar-refractivity contribution is 6.08. The molecule has 5 heteroatoms. The van der Waals surface area contributed by atoms with Gasteiger partial charge in [-0.15, -0.1) is 0 Å². The van der Waals surface area contributed by atoms with Gasteiger partial charge in [-0.1, -0.05) is 12.5 Å². The summed E-state index contributed by atoms with van der Waals surface area (Å²) in [7, 11) is 2.04. The topological polar surface area (TPSA) is 52.7 Å². The Morgan fingerprint density at radius 1 is 1.00 bits per heavy atom. The normalized spacial score (nSPS) is 20.6. The summed E-state index contributed by atoms with van der Waals surface area (Å²) >= 11 is 0. The van der Waals surface area contributed by atoms with Crippen molar-refractivity contribution in [2.75, 3.05) is 23.8 Å². The Bertz CT molecular complexity index is 984. The Morgan fingerprint density at radius 3 is 2.76 bits per heavy atom. The van der Waals surface area contributed by atoms with E-state index in [1.54, 1.807) is 6.07 Å². The molecular formula is C24H27N3O2. The highest BCUT2D eigenvalue weighted by Gasteiger charge is 2.36. The summed E-state index contributed by atoms with van der Waals surface area (Å²) in [4.78, 5) is 30.1. The fourth-order valence-corrected chi connectivity index (χ4v) is 5.04. The number of benzene rings is 2. The van der Waals surface area contributed by atoms with Gasteiger partial charge in [-0.25, -0.2) is 0 Å². The molecule has 3 aliphatic rings. The predicted octanol–water partition coefficient (Wildman–Crippen LogP) is 4.22. The van der Waals surface area contributed by atoms with Crippen LogP contribution in [0.5, 0.6) is 0 Å². The van der Waals surface area contributed by atoms with E-state index in [0.717, 1.165) is 50.0 Å². The minimum atomic E-state index is -0.130. The lowest BCUT2D eigenvalue weighted by Gasteiger charge is -2.43. The monoisotopic (exact) mass is 389 g/mol. The fourth-order valence-electron chi connectivity index (χ4n) is 5.04. The first-order valence-electron chi connectivity index (χ1n) is 10.7. The van der Waals surface area contributed by atoms with Gasteiger partial charge < -0.3 is 15.1 Å². The predicted molar refractivity (Wildman–Crippen MR) is 115 cm³/mol. The number of hydrogen-bond donors (Lipinski definition) is 1. The highest BCUT2D eigenvalue weighted by atomic mass is 16.2. The molecule has 1 N–H and O–H groups in total. The van der Waals surface area contributed by atoms with Crippen molar-refractivity contribution in [3.8, 4) is 0 Å². The molecule has 1 unspecified atom stereocenters. The minimum absolute atomic E-state index is 0.0903. The molecule has 0 radical (unpaired) electrons. The van der Waals surface area contributed by atoms with Gasteiger partial charge in [0, 0.05) is 24.8 Å². The number of carbonyl (C=O) groups excluding carboxylic acids is 2.